The summed E-state index contributed by atoms with van der Waals surface area (Å²) in [6.45, 7) is 5.00. The molecule has 1 fully saturated rings. The highest BCUT2D eigenvalue weighted by Crippen LogP contribution is 2.21. The third-order valence-electron chi connectivity index (χ3n) is 3.61. The van der Waals surface area contributed by atoms with Crippen molar-refractivity contribution in [3.63, 3.8) is 0 Å². The topological polar surface area (TPSA) is 58.6 Å². The second kappa shape index (κ2) is 8.70. The van der Waals surface area contributed by atoms with Gasteiger partial charge in [0.15, 0.2) is 0 Å². The van der Waals surface area contributed by atoms with Gasteiger partial charge in [-0.2, -0.15) is 11.8 Å². The zero-order valence-electron chi connectivity index (χ0n) is 13.3. The van der Waals surface area contributed by atoms with Gasteiger partial charge in [-0.3, -0.25) is 14.5 Å². The number of hydrogen-bond donors (Lipinski definition) is 1. The highest BCUT2D eigenvalue weighted by atomic mass is 79.9. The standard InChI is InChI=1S/C16H21BrN2O3S/c1-3-22-16(21)14-10-23-7-6-19(14)9-15(20)18-13-5-4-12(17)8-11(13)2/h4-5,8,14H,3,6-7,9-10H2,1-2H3,(H,18,20). The van der Waals surface area contributed by atoms with Crippen molar-refractivity contribution < 1.29 is 14.3 Å². The number of hydrogen-bond acceptors (Lipinski definition) is 5. The van der Waals surface area contributed by atoms with Gasteiger partial charge in [0.05, 0.1) is 13.2 Å². The van der Waals surface area contributed by atoms with Crippen LogP contribution in [0.15, 0.2) is 22.7 Å². The molecule has 0 bridgehead atoms. The Bertz CT molecular complexity index is 582. The minimum absolute atomic E-state index is 0.114. The molecule has 1 aromatic carbocycles. The monoisotopic (exact) mass is 400 g/mol. The number of halogens is 1. The van der Waals surface area contributed by atoms with Crippen LogP contribution in [0.5, 0.6) is 0 Å². The van der Waals surface area contributed by atoms with Gasteiger partial charge in [0.1, 0.15) is 6.04 Å². The lowest BCUT2D eigenvalue weighted by Crippen LogP contribution is -2.50. The smallest absolute Gasteiger partial charge is 0.324 e. The highest BCUT2D eigenvalue weighted by molar-refractivity contribution is 9.10. The molecule has 1 N–H and O–H groups in total. The predicted octanol–water partition coefficient (Wildman–Crippen LogP) is 2.68. The van der Waals surface area contributed by atoms with Crippen LogP contribution in [0.1, 0.15) is 12.5 Å². The van der Waals surface area contributed by atoms with Crippen LogP contribution in [0.4, 0.5) is 5.69 Å². The second-order valence-electron chi connectivity index (χ2n) is 5.32. The molecule has 1 atom stereocenters. The Balaban J connectivity index is 1.98. The third-order valence-corrected chi connectivity index (χ3v) is 5.12. The fourth-order valence-corrected chi connectivity index (χ4v) is 4.00. The lowest BCUT2D eigenvalue weighted by Gasteiger charge is -2.32. The van der Waals surface area contributed by atoms with Gasteiger partial charge >= 0.3 is 5.97 Å². The Kier molecular flexibility index (Phi) is 6.92. The molecule has 126 valence electrons. The van der Waals surface area contributed by atoms with E-state index >= 15 is 0 Å². The Labute approximate surface area is 149 Å². The van der Waals surface area contributed by atoms with Crippen molar-refractivity contribution in [3.8, 4) is 0 Å². The molecule has 7 heteroatoms. The van der Waals surface area contributed by atoms with E-state index in [2.05, 4.69) is 21.2 Å². The summed E-state index contributed by atoms with van der Waals surface area (Å²) in [5.41, 5.74) is 1.78. The van der Waals surface area contributed by atoms with Crippen LogP contribution < -0.4 is 5.32 Å². The SMILES string of the molecule is CCOC(=O)C1CSCCN1CC(=O)Nc1ccc(Br)cc1C. The summed E-state index contributed by atoms with van der Waals surface area (Å²) in [4.78, 5) is 26.2. The molecule has 0 saturated carbocycles. The van der Waals surface area contributed by atoms with Gasteiger partial charge in [-0.25, -0.2) is 0 Å². The highest BCUT2D eigenvalue weighted by Gasteiger charge is 2.31. The van der Waals surface area contributed by atoms with E-state index in [0.29, 0.717) is 18.9 Å². The number of anilines is 1. The van der Waals surface area contributed by atoms with E-state index in [1.807, 2.05) is 30.0 Å². The summed E-state index contributed by atoms with van der Waals surface area (Å²) >= 11 is 5.12. The van der Waals surface area contributed by atoms with Gasteiger partial charge in [0.2, 0.25) is 5.91 Å². The maximum Gasteiger partial charge on any atom is 0.324 e. The van der Waals surface area contributed by atoms with E-state index < -0.39 is 0 Å². The van der Waals surface area contributed by atoms with Crippen molar-refractivity contribution in [2.75, 3.05) is 36.5 Å². The zero-order valence-corrected chi connectivity index (χ0v) is 15.7. The molecule has 2 rings (SSSR count). The van der Waals surface area contributed by atoms with Crippen molar-refractivity contribution in [3.05, 3.63) is 28.2 Å². The average molecular weight is 401 g/mol. The van der Waals surface area contributed by atoms with Gasteiger partial charge in [-0.1, -0.05) is 15.9 Å². The number of aryl methyl sites for hydroxylation is 1. The number of esters is 1. The first-order valence-electron chi connectivity index (χ1n) is 7.55. The fourth-order valence-electron chi connectivity index (χ4n) is 2.42. The van der Waals surface area contributed by atoms with Gasteiger partial charge in [0, 0.05) is 28.2 Å². The Hall–Kier alpha value is -1.05. The zero-order chi connectivity index (χ0) is 16.8. The number of carbonyl (C=O) groups excluding carboxylic acids is 2. The summed E-state index contributed by atoms with van der Waals surface area (Å²) in [6, 6.07) is 5.37. The van der Waals surface area contributed by atoms with Crippen LogP contribution in [0.25, 0.3) is 0 Å². The molecule has 23 heavy (non-hydrogen) atoms. The molecule has 0 spiro atoms. The molecule has 1 unspecified atom stereocenters. The van der Waals surface area contributed by atoms with E-state index in [1.54, 1.807) is 18.7 Å². The predicted molar refractivity (Wildman–Crippen MR) is 96.8 cm³/mol. The normalized spacial score (nSPS) is 18.5. The van der Waals surface area contributed by atoms with Gasteiger partial charge in [-0.15, -0.1) is 0 Å². The van der Waals surface area contributed by atoms with Crippen molar-refractivity contribution in [1.82, 2.24) is 4.90 Å². The Morgan fingerprint density at radius 2 is 2.26 bits per heavy atom. The summed E-state index contributed by atoms with van der Waals surface area (Å²) < 4.78 is 6.09. The molecule has 1 aliphatic heterocycles. The van der Waals surface area contributed by atoms with E-state index in [9.17, 15) is 9.59 Å². The van der Waals surface area contributed by atoms with Crippen LogP contribution in [-0.4, -0.2) is 54.0 Å². The molecule has 1 aromatic rings. The number of nitrogens with zero attached hydrogens (tertiary/aromatic N) is 1. The molecule has 0 aromatic heterocycles. The van der Waals surface area contributed by atoms with E-state index in [4.69, 9.17) is 4.74 Å². The maximum absolute atomic E-state index is 12.3. The number of carbonyl (C=O) groups is 2. The fraction of sp³-hybridized carbons (Fsp3) is 0.500. The Morgan fingerprint density at radius 1 is 1.48 bits per heavy atom. The quantitative estimate of drug-likeness (QED) is 0.769. The number of thioether (sulfide) groups is 1. The molecule has 1 aliphatic rings. The molecule has 0 radical (unpaired) electrons. The minimum Gasteiger partial charge on any atom is -0.465 e. The summed E-state index contributed by atoms with van der Waals surface area (Å²) in [7, 11) is 0. The van der Waals surface area contributed by atoms with Crippen molar-refractivity contribution >= 4 is 45.3 Å². The summed E-state index contributed by atoms with van der Waals surface area (Å²) in [5, 5.41) is 2.92. The van der Waals surface area contributed by atoms with Gasteiger partial charge < -0.3 is 10.1 Å². The van der Waals surface area contributed by atoms with Gasteiger partial charge in [0.25, 0.3) is 0 Å². The largest absolute Gasteiger partial charge is 0.465 e. The van der Waals surface area contributed by atoms with Crippen LogP contribution in [0.2, 0.25) is 0 Å². The first-order valence-corrected chi connectivity index (χ1v) is 9.50. The average Bonchev–Trinajstić information content (AvgIpc) is 2.51. The van der Waals surface area contributed by atoms with E-state index in [1.165, 1.54) is 0 Å². The molecular formula is C16H21BrN2O3S. The van der Waals surface area contributed by atoms with Crippen LogP contribution in [0, 0.1) is 6.92 Å². The number of rotatable bonds is 5. The first-order chi connectivity index (χ1) is 11.0. The number of amides is 1. The maximum atomic E-state index is 12.3. The Morgan fingerprint density at radius 3 is 2.96 bits per heavy atom. The lowest BCUT2D eigenvalue weighted by atomic mass is 10.2. The number of nitrogens with one attached hydrogen (secondary N) is 1. The van der Waals surface area contributed by atoms with E-state index in [0.717, 1.165) is 21.5 Å². The second-order valence-corrected chi connectivity index (χ2v) is 7.39. The molecule has 1 saturated heterocycles. The minimum atomic E-state index is -0.342. The van der Waals surface area contributed by atoms with Crippen LogP contribution >= 0.6 is 27.7 Å². The molecule has 1 amide bonds. The van der Waals surface area contributed by atoms with Gasteiger partial charge in [-0.05, 0) is 37.6 Å². The first kappa shape index (κ1) is 18.3. The van der Waals surface area contributed by atoms with Crippen LogP contribution in [-0.2, 0) is 14.3 Å². The van der Waals surface area contributed by atoms with Crippen LogP contribution in [0.3, 0.4) is 0 Å². The van der Waals surface area contributed by atoms with Crippen molar-refractivity contribution in [2.24, 2.45) is 0 Å². The number of ether oxygens (including phenoxy) is 1. The van der Waals surface area contributed by atoms with Crippen molar-refractivity contribution in [2.45, 2.75) is 19.9 Å². The lowest BCUT2D eigenvalue weighted by molar-refractivity contribution is -0.148. The van der Waals surface area contributed by atoms with E-state index in [-0.39, 0.29) is 24.5 Å². The molecule has 5 nitrogen and oxygen atoms in total. The molecule has 0 aliphatic carbocycles. The molecular weight excluding hydrogens is 380 g/mol. The molecule has 1 heterocycles. The third kappa shape index (κ3) is 5.22. The summed E-state index contributed by atoms with van der Waals surface area (Å²) in [6.07, 6.45) is 0. The number of benzene rings is 1. The van der Waals surface area contributed by atoms with Crippen molar-refractivity contribution in [1.29, 1.82) is 0 Å². The summed E-state index contributed by atoms with van der Waals surface area (Å²) in [5.74, 6) is 1.23.